The fourth-order valence-electron chi connectivity index (χ4n) is 6.85. The van der Waals surface area contributed by atoms with Crippen LogP contribution in [-0.4, -0.2) is 46.8 Å². The van der Waals surface area contributed by atoms with Crippen molar-refractivity contribution >= 4 is 92.5 Å². The zero-order valence-corrected chi connectivity index (χ0v) is 39.1. The Kier molecular flexibility index (Phi) is 18.4. The molecular formula is C50H40Cl4N4O10. The van der Waals surface area contributed by atoms with Crippen LogP contribution < -0.4 is 31.4 Å². The standard InChI is InChI=1S/C25H19ClN2O5.C18H15ClN2O3.C7H5ClO2.ClH/c1-32-24(30)22-20(15-27-25(31)33-18-10-6-3-7-11-18)23(29)19-13-12-16(26)14-21(19)28(22)17-8-4-2-5-9-17;1-24-18(23)16-14(10-20)17(22)13-8-7-11(19)9-15(13)21(16)12-5-3-2-4-6-12;8-7(9)10-6-4-2-1-3-5-6;/h2-14H,15H2,1H3,(H,27,31);2-9H,10,20H2,1H3;1-5H;1H. The maximum atomic E-state index is 13.4. The van der Waals surface area contributed by atoms with Gasteiger partial charge in [-0.1, -0.05) is 96.0 Å². The minimum Gasteiger partial charge on any atom is -0.464 e. The Morgan fingerprint density at radius 2 is 0.941 bits per heavy atom. The molecule has 8 aromatic rings. The molecule has 14 nitrogen and oxygen atoms in total. The molecule has 1 amide bonds. The number of nitrogens with one attached hydrogen (secondary N) is 1. The summed E-state index contributed by atoms with van der Waals surface area (Å²) in [6, 6.07) is 45.1. The summed E-state index contributed by atoms with van der Waals surface area (Å²) in [5.41, 5.74) is 6.91. The van der Waals surface area contributed by atoms with E-state index in [-0.39, 0.29) is 53.4 Å². The van der Waals surface area contributed by atoms with Gasteiger partial charge in [0, 0.05) is 55.9 Å². The maximum absolute atomic E-state index is 13.4. The number of fused-ring (bicyclic) bond motifs is 2. The summed E-state index contributed by atoms with van der Waals surface area (Å²) >= 11 is 17.3. The van der Waals surface area contributed by atoms with Gasteiger partial charge in [0.05, 0.1) is 37.4 Å². The minimum absolute atomic E-state index is 0. The topological polar surface area (TPSA) is 187 Å². The number of amides is 1. The monoisotopic (exact) mass is 996 g/mol. The minimum atomic E-state index is -0.814. The second kappa shape index (κ2) is 24.3. The van der Waals surface area contributed by atoms with Crippen LogP contribution in [0, 0.1) is 0 Å². The predicted molar refractivity (Wildman–Crippen MR) is 265 cm³/mol. The van der Waals surface area contributed by atoms with Gasteiger partial charge < -0.3 is 39.1 Å². The summed E-state index contributed by atoms with van der Waals surface area (Å²) < 4.78 is 22.9. The van der Waals surface area contributed by atoms with E-state index in [4.69, 9.17) is 54.7 Å². The van der Waals surface area contributed by atoms with Gasteiger partial charge in [-0.15, -0.1) is 12.4 Å². The molecule has 0 spiro atoms. The van der Waals surface area contributed by atoms with E-state index in [1.54, 1.807) is 124 Å². The number of ether oxygens (including phenoxy) is 4. The highest BCUT2D eigenvalue weighted by atomic mass is 35.5. The van der Waals surface area contributed by atoms with E-state index in [0.717, 1.165) is 0 Å². The molecular weight excluding hydrogens is 958 g/mol. The third-order valence-electron chi connectivity index (χ3n) is 9.75. The molecule has 0 saturated heterocycles. The quantitative estimate of drug-likeness (QED) is 0.103. The summed E-state index contributed by atoms with van der Waals surface area (Å²) in [7, 11) is 2.50. The fourth-order valence-corrected chi connectivity index (χ4v) is 7.28. The second-order valence-electron chi connectivity index (χ2n) is 13.9. The average Bonchev–Trinajstić information content (AvgIpc) is 3.34. The van der Waals surface area contributed by atoms with E-state index in [1.807, 2.05) is 42.5 Å². The first kappa shape index (κ1) is 51.5. The number of methoxy groups -OCH3 is 2. The number of carbonyl (C=O) groups is 4. The molecule has 68 heavy (non-hydrogen) atoms. The van der Waals surface area contributed by atoms with Crippen molar-refractivity contribution in [2.45, 2.75) is 13.1 Å². The van der Waals surface area contributed by atoms with Crippen LogP contribution in [0.1, 0.15) is 32.1 Å². The summed E-state index contributed by atoms with van der Waals surface area (Å²) in [6.45, 7) is -0.324. The molecule has 0 radical (unpaired) electrons. The van der Waals surface area contributed by atoms with Crippen LogP contribution in [0.25, 0.3) is 33.2 Å². The Morgan fingerprint density at radius 3 is 1.34 bits per heavy atom. The fraction of sp³-hybridized carbons (Fsp3) is 0.0800. The largest absolute Gasteiger partial charge is 0.464 e. The number of benzene rings is 6. The lowest BCUT2D eigenvalue weighted by Crippen LogP contribution is -2.32. The molecule has 0 aliphatic rings. The lowest BCUT2D eigenvalue weighted by Gasteiger charge is -2.19. The van der Waals surface area contributed by atoms with Gasteiger partial charge in [-0.2, -0.15) is 0 Å². The molecule has 0 unspecified atom stereocenters. The molecule has 18 heteroatoms. The lowest BCUT2D eigenvalue weighted by molar-refractivity contribution is 0.0581. The van der Waals surface area contributed by atoms with Crippen LogP contribution in [0.15, 0.2) is 167 Å². The van der Waals surface area contributed by atoms with Crippen molar-refractivity contribution in [2.24, 2.45) is 5.73 Å². The molecule has 0 atom stereocenters. The summed E-state index contributed by atoms with van der Waals surface area (Å²) in [4.78, 5) is 73.9. The molecule has 8 rings (SSSR count). The average molecular weight is 999 g/mol. The van der Waals surface area contributed by atoms with Crippen LogP contribution in [0.5, 0.6) is 11.5 Å². The Balaban J connectivity index is 0.000000215. The van der Waals surface area contributed by atoms with Crippen molar-refractivity contribution < 1.29 is 38.1 Å². The molecule has 0 bridgehead atoms. The number of hydrogen-bond acceptors (Lipinski definition) is 11. The molecule has 0 saturated carbocycles. The van der Waals surface area contributed by atoms with Gasteiger partial charge in [-0.05, 0) is 84.9 Å². The van der Waals surface area contributed by atoms with Crippen LogP contribution in [0.2, 0.25) is 10.0 Å². The third-order valence-corrected chi connectivity index (χ3v) is 10.3. The molecule has 0 fully saturated rings. The number of para-hydroxylation sites is 4. The summed E-state index contributed by atoms with van der Waals surface area (Å²) in [6.07, 6.45) is -0.765. The predicted octanol–water partition coefficient (Wildman–Crippen LogP) is 10.5. The van der Waals surface area contributed by atoms with Crippen molar-refractivity contribution in [3.63, 3.8) is 0 Å². The summed E-state index contributed by atoms with van der Waals surface area (Å²) in [5.74, 6) is -0.551. The molecule has 0 aliphatic carbocycles. The highest BCUT2D eigenvalue weighted by Crippen LogP contribution is 2.27. The molecule has 348 valence electrons. The SMILES string of the molecule is COC(=O)c1c(CN)c(=O)c2ccc(Cl)cc2n1-c1ccccc1.COC(=O)c1c(CNC(=O)Oc2ccccc2)c(=O)c2ccc(Cl)cc2n1-c1ccccc1.Cl.O=C(Cl)Oc1ccccc1. The Hall–Kier alpha value is -7.46. The molecule has 3 N–H and O–H groups in total. The van der Waals surface area contributed by atoms with Crippen LogP contribution in [-0.2, 0) is 22.6 Å². The van der Waals surface area contributed by atoms with Crippen molar-refractivity contribution in [3.05, 3.63) is 211 Å². The van der Waals surface area contributed by atoms with Crippen molar-refractivity contribution in [2.75, 3.05) is 14.2 Å². The highest BCUT2D eigenvalue weighted by molar-refractivity contribution is 6.61. The Morgan fingerprint density at radius 1 is 0.559 bits per heavy atom. The number of nitrogens with zero attached hydrogens (tertiary/aromatic N) is 2. The number of pyridine rings is 2. The van der Waals surface area contributed by atoms with Crippen LogP contribution >= 0.6 is 47.2 Å². The first-order valence-corrected chi connectivity index (χ1v) is 21.1. The van der Waals surface area contributed by atoms with Gasteiger partial charge in [-0.25, -0.2) is 19.2 Å². The highest BCUT2D eigenvalue weighted by Gasteiger charge is 2.26. The smallest absolute Gasteiger partial charge is 0.412 e. The van der Waals surface area contributed by atoms with E-state index < -0.39 is 28.9 Å². The number of esters is 2. The first-order valence-electron chi connectivity index (χ1n) is 20.0. The van der Waals surface area contributed by atoms with Gasteiger partial charge in [0.1, 0.15) is 22.9 Å². The van der Waals surface area contributed by atoms with Gasteiger partial charge in [0.25, 0.3) is 0 Å². The van der Waals surface area contributed by atoms with Crippen molar-refractivity contribution in [1.82, 2.24) is 14.5 Å². The zero-order valence-electron chi connectivity index (χ0n) is 36.0. The third kappa shape index (κ3) is 12.3. The maximum Gasteiger partial charge on any atom is 0.412 e. The molecule has 6 aromatic carbocycles. The van der Waals surface area contributed by atoms with E-state index >= 15 is 0 Å². The lowest BCUT2D eigenvalue weighted by atomic mass is 10.1. The number of nitrogens with two attached hydrogens (primary N) is 1. The van der Waals surface area contributed by atoms with Gasteiger partial charge in [-0.3, -0.25) is 9.59 Å². The zero-order chi connectivity index (χ0) is 48.0. The van der Waals surface area contributed by atoms with Gasteiger partial charge in [0.2, 0.25) is 0 Å². The number of halogens is 4. The molecule has 2 heterocycles. The molecule has 0 aliphatic heterocycles. The normalized spacial score (nSPS) is 10.3. The van der Waals surface area contributed by atoms with Crippen molar-refractivity contribution in [3.8, 4) is 22.9 Å². The summed E-state index contributed by atoms with van der Waals surface area (Å²) in [5, 5.41) is 4.20. The van der Waals surface area contributed by atoms with Gasteiger partial charge in [0.15, 0.2) is 10.9 Å². The number of rotatable bonds is 9. The Bertz CT molecular complexity index is 3190. The van der Waals surface area contributed by atoms with E-state index in [1.165, 1.54) is 14.2 Å². The second-order valence-corrected chi connectivity index (χ2v) is 15.1. The van der Waals surface area contributed by atoms with Crippen LogP contribution in [0.4, 0.5) is 9.59 Å². The Labute approximate surface area is 409 Å². The van der Waals surface area contributed by atoms with E-state index in [9.17, 15) is 28.8 Å². The number of aromatic nitrogens is 2. The first-order chi connectivity index (χ1) is 32.4. The molecule has 2 aromatic heterocycles. The number of carbonyl (C=O) groups excluding carboxylic acids is 4. The van der Waals surface area contributed by atoms with E-state index in [0.29, 0.717) is 54.7 Å². The number of hydrogen-bond donors (Lipinski definition) is 2. The van der Waals surface area contributed by atoms with Gasteiger partial charge >= 0.3 is 23.5 Å². The van der Waals surface area contributed by atoms with Crippen molar-refractivity contribution in [1.29, 1.82) is 0 Å². The van der Waals surface area contributed by atoms with E-state index in [2.05, 4.69) is 10.1 Å². The van der Waals surface area contributed by atoms with Crippen LogP contribution in [0.3, 0.4) is 0 Å².